The van der Waals surface area contributed by atoms with Gasteiger partial charge < -0.3 is 33.8 Å². The maximum absolute atomic E-state index is 13.0. The molecular formula is C67H130O17P2. The fourth-order valence-electron chi connectivity index (χ4n) is 10.1. The summed E-state index contributed by atoms with van der Waals surface area (Å²) in [5, 5.41) is 10.5. The molecule has 0 aromatic rings. The highest BCUT2D eigenvalue weighted by Gasteiger charge is 2.30. The van der Waals surface area contributed by atoms with Crippen LogP contribution in [0.4, 0.5) is 0 Å². The van der Waals surface area contributed by atoms with Gasteiger partial charge in [-0.2, -0.15) is 0 Å². The predicted octanol–water partition coefficient (Wildman–Crippen LogP) is 18.8. The van der Waals surface area contributed by atoms with Crippen molar-refractivity contribution in [3.63, 3.8) is 0 Å². The van der Waals surface area contributed by atoms with E-state index in [1.165, 1.54) is 128 Å². The largest absolute Gasteiger partial charge is 0.472 e. The third-order valence-electron chi connectivity index (χ3n) is 15.5. The minimum Gasteiger partial charge on any atom is -0.462 e. The van der Waals surface area contributed by atoms with Crippen LogP contribution in [0.5, 0.6) is 0 Å². The number of carbonyl (C=O) groups excluding carboxylic acids is 4. The van der Waals surface area contributed by atoms with E-state index in [0.717, 1.165) is 127 Å². The van der Waals surface area contributed by atoms with Crippen molar-refractivity contribution >= 4 is 39.5 Å². The zero-order valence-electron chi connectivity index (χ0n) is 55.6. The van der Waals surface area contributed by atoms with Crippen LogP contribution in [0.1, 0.15) is 337 Å². The number of phosphoric ester groups is 2. The Morgan fingerprint density at radius 2 is 0.535 bits per heavy atom. The van der Waals surface area contributed by atoms with Crippen LogP contribution in [0.3, 0.4) is 0 Å². The highest BCUT2D eigenvalue weighted by molar-refractivity contribution is 7.47. The van der Waals surface area contributed by atoms with Crippen molar-refractivity contribution in [2.45, 2.75) is 355 Å². The standard InChI is InChI=1S/C67H130O17P2/c1-7-9-11-13-29-37-43-49-64(69)77-55-62(83-66(71)51-45-39-30-14-12-10-8-2)57-81-85(73,74)79-53-61(68)54-80-86(75,76)82-58-63(56-78-65(70)50-44-38-33-27-24-23-26-32-36-42-48-60(5)6)84-67(72)52-46-40-34-28-22-20-18-16-15-17-19-21-25-31-35-41-47-59(3)4/h59-63,68H,7-58H2,1-6H3,(H,73,74)(H,75,76)/t61-,62+,63+/m0/s1. The second kappa shape index (κ2) is 59.4. The van der Waals surface area contributed by atoms with Gasteiger partial charge >= 0.3 is 39.5 Å². The Kier molecular flexibility index (Phi) is 58.0. The second-order valence-corrected chi connectivity index (χ2v) is 28.1. The molecule has 0 heterocycles. The molecule has 0 spiro atoms. The number of carbonyl (C=O) groups is 4. The number of phosphoric acid groups is 2. The summed E-state index contributed by atoms with van der Waals surface area (Å²) < 4.78 is 67.9. The number of ether oxygens (including phenoxy) is 4. The fraction of sp³-hybridized carbons (Fsp3) is 0.940. The Hall–Kier alpha value is -1.94. The van der Waals surface area contributed by atoms with E-state index in [-0.39, 0.29) is 25.7 Å². The lowest BCUT2D eigenvalue weighted by atomic mass is 10.0. The van der Waals surface area contributed by atoms with Crippen molar-refractivity contribution in [3.8, 4) is 0 Å². The van der Waals surface area contributed by atoms with Gasteiger partial charge in [0.05, 0.1) is 26.4 Å². The molecule has 0 aliphatic rings. The van der Waals surface area contributed by atoms with Gasteiger partial charge in [0.15, 0.2) is 12.2 Å². The van der Waals surface area contributed by atoms with Gasteiger partial charge in [-0.3, -0.25) is 37.3 Å². The van der Waals surface area contributed by atoms with Crippen molar-refractivity contribution in [1.29, 1.82) is 0 Å². The van der Waals surface area contributed by atoms with Crippen LogP contribution in [0, 0.1) is 11.8 Å². The predicted molar refractivity (Wildman–Crippen MR) is 345 cm³/mol. The van der Waals surface area contributed by atoms with Crippen LogP contribution >= 0.6 is 15.6 Å². The molecule has 17 nitrogen and oxygen atoms in total. The first-order valence-corrected chi connectivity index (χ1v) is 38.0. The number of hydrogen-bond donors (Lipinski definition) is 3. The van der Waals surface area contributed by atoms with E-state index in [4.69, 9.17) is 37.0 Å². The molecule has 510 valence electrons. The summed E-state index contributed by atoms with van der Waals surface area (Å²) >= 11 is 0. The highest BCUT2D eigenvalue weighted by atomic mass is 31.2. The molecule has 0 radical (unpaired) electrons. The van der Waals surface area contributed by atoms with Crippen LogP contribution in [0.25, 0.3) is 0 Å². The van der Waals surface area contributed by atoms with E-state index in [0.29, 0.717) is 25.7 Å². The Morgan fingerprint density at radius 1 is 0.314 bits per heavy atom. The van der Waals surface area contributed by atoms with Crippen molar-refractivity contribution in [1.82, 2.24) is 0 Å². The maximum atomic E-state index is 13.0. The van der Waals surface area contributed by atoms with Gasteiger partial charge in [0.1, 0.15) is 19.3 Å². The van der Waals surface area contributed by atoms with Crippen molar-refractivity contribution in [2.75, 3.05) is 39.6 Å². The maximum Gasteiger partial charge on any atom is 0.472 e. The smallest absolute Gasteiger partial charge is 0.462 e. The number of unbranched alkanes of at least 4 members (excludes halogenated alkanes) is 36. The van der Waals surface area contributed by atoms with E-state index in [9.17, 15) is 43.2 Å². The Balaban J connectivity index is 5.14. The van der Waals surface area contributed by atoms with Crippen LogP contribution < -0.4 is 0 Å². The monoisotopic (exact) mass is 1270 g/mol. The molecule has 0 amide bonds. The average Bonchev–Trinajstić information content (AvgIpc) is 3.67. The Bertz CT molecular complexity index is 1680. The van der Waals surface area contributed by atoms with Gasteiger partial charge in [-0.15, -0.1) is 0 Å². The number of hydrogen-bond acceptors (Lipinski definition) is 15. The van der Waals surface area contributed by atoms with Gasteiger partial charge in [-0.05, 0) is 37.5 Å². The minimum atomic E-state index is -4.95. The van der Waals surface area contributed by atoms with Crippen LogP contribution in [-0.4, -0.2) is 96.7 Å². The topological polar surface area (TPSA) is 237 Å². The first-order valence-electron chi connectivity index (χ1n) is 35.0. The molecule has 0 aliphatic heterocycles. The van der Waals surface area contributed by atoms with Gasteiger partial charge in [-0.25, -0.2) is 9.13 Å². The summed E-state index contributed by atoms with van der Waals surface area (Å²) in [5.41, 5.74) is 0. The molecule has 0 aliphatic carbocycles. The number of rotatable bonds is 66. The van der Waals surface area contributed by atoms with E-state index >= 15 is 0 Å². The second-order valence-electron chi connectivity index (χ2n) is 25.2. The molecule has 86 heavy (non-hydrogen) atoms. The van der Waals surface area contributed by atoms with E-state index in [1.807, 2.05) is 0 Å². The summed E-state index contributed by atoms with van der Waals surface area (Å²) in [6, 6.07) is 0. The zero-order valence-corrected chi connectivity index (χ0v) is 57.4. The molecule has 0 rings (SSSR count). The quantitative estimate of drug-likeness (QED) is 0.0222. The molecule has 0 saturated carbocycles. The van der Waals surface area contributed by atoms with E-state index in [2.05, 4.69) is 41.5 Å². The molecule has 0 saturated heterocycles. The molecular weight excluding hydrogens is 1140 g/mol. The van der Waals surface area contributed by atoms with Gasteiger partial charge in [0.25, 0.3) is 0 Å². The van der Waals surface area contributed by atoms with Crippen molar-refractivity contribution < 1.29 is 80.2 Å². The molecule has 0 fully saturated rings. The van der Waals surface area contributed by atoms with Crippen LogP contribution in [-0.2, 0) is 65.4 Å². The SMILES string of the molecule is CCCCCCCCCC(=O)OC[C@H](COP(=O)(O)OC[C@H](O)COP(=O)(O)OC[C@@H](COC(=O)CCCCCCCCCCCCC(C)C)OC(=O)CCCCCCCCCCCCCCCCCCC(C)C)OC(=O)CCCCCCCCC. The zero-order chi connectivity index (χ0) is 63.6. The average molecular weight is 1270 g/mol. The molecule has 3 N–H and O–H groups in total. The molecule has 0 aromatic carbocycles. The lowest BCUT2D eigenvalue weighted by molar-refractivity contribution is -0.161. The summed E-state index contributed by atoms with van der Waals surface area (Å²) in [5.74, 6) is -0.570. The third-order valence-corrected chi connectivity index (χ3v) is 17.4. The van der Waals surface area contributed by atoms with Crippen molar-refractivity contribution in [2.24, 2.45) is 11.8 Å². The fourth-order valence-corrected chi connectivity index (χ4v) is 11.6. The number of esters is 4. The summed E-state index contributed by atoms with van der Waals surface area (Å²) in [6.07, 6.45) is 43.4. The molecule has 19 heteroatoms. The number of aliphatic hydroxyl groups is 1. The summed E-state index contributed by atoms with van der Waals surface area (Å²) in [6.45, 7) is 9.46. The number of aliphatic hydroxyl groups excluding tert-OH is 1. The lowest BCUT2D eigenvalue weighted by Gasteiger charge is -2.21. The van der Waals surface area contributed by atoms with Gasteiger partial charge in [-0.1, -0.05) is 286 Å². The first kappa shape index (κ1) is 84.1. The molecule has 2 unspecified atom stereocenters. The van der Waals surface area contributed by atoms with Crippen LogP contribution in [0.15, 0.2) is 0 Å². The molecule has 0 aromatic heterocycles. The molecule has 5 atom stereocenters. The van der Waals surface area contributed by atoms with E-state index in [1.54, 1.807) is 0 Å². The normalized spacial score (nSPS) is 14.2. The molecule has 0 bridgehead atoms. The van der Waals surface area contributed by atoms with Gasteiger partial charge in [0, 0.05) is 25.7 Å². The van der Waals surface area contributed by atoms with Crippen molar-refractivity contribution in [3.05, 3.63) is 0 Å². The summed E-state index contributed by atoms with van der Waals surface area (Å²) in [4.78, 5) is 72.1. The Labute approximate surface area is 524 Å². The highest BCUT2D eigenvalue weighted by Crippen LogP contribution is 2.45. The minimum absolute atomic E-state index is 0.103. The van der Waals surface area contributed by atoms with E-state index < -0.39 is 97.5 Å². The Morgan fingerprint density at radius 3 is 0.791 bits per heavy atom. The van der Waals surface area contributed by atoms with Crippen LogP contribution in [0.2, 0.25) is 0 Å². The van der Waals surface area contributed by atoms with Gasteiger partial charge in [0.2, 0.25) is 0 Å². The summed E-state index contributed by atoms with van der Waals surface area (Å²) in [7, 11) is -9.88. The third kappa shape index (κ3) is 60.9. The lowest BCUT2D eigenvalue weighted by Crippen LogP contribution is -2.30. The first-order chi connectivity index (χ1) is 41.4.